The van der Waals surface area contributed by atoms with E-state index in [9.17, 15) is 8.42 Å². The molecule has 2 aromatic carbocycles. The van der Waals surface area contributed by atoms with Crippen LogP contribution in [-0.4, -0.2) is 55.2 Å². The number of piperazine rings is 1. The summed E-state index contributed by atoms with van der Waals surface area (Å²) < 4.78 is 24.6. The molecular formula is C16H19N3O2S2. The minimum absolute atomic E-state index is 0.468. The molecule has 0 amide bonds. The molecule has 23 heavy (non-hydrogen) atoms. The van der Waals surface area contributed by atoms with E-state index in [1.807, 2.05) is 29.2 Å². The van der Waals surface area contributed by atoms with Gasteiger partial charge in [0.05, 0.1) is 6.26 Å². The monoisotopic (exact) mass is 349 g/mol. The molecule has 0 unspecified atom stereocenters. The van der Waals surface area contributed by atoms with Gasteiger partial charge in [-0.1, -0.05) is 36.4 Å². The molecule has 1 aliphatic heterocycles. The Labute approximate surface area is 141 Å². The van der Waals surface area contributed by atoms with Crippen molar-refractivity contribution in [3.8, 4) is 0 Å². The molecule has 1 heterocycles. The van der Waals surface area contributed by atoms with E-state index in [-0.39, 0.29) is 0 Å². The standard InChI is InChI=1S/C16H19N3O2S2/c1-23(20,21)19-11-9-18(10-12-19)16(22)17-15-8-4-6-13-5-2-3-7-14(13)15/h2-8H,9-12H2,1H3,(H,17,22). The van der Waals surface area contributed by atoms with Gasteiger partial charge in [-0.15, -0.1) is 0 Å². The molecular weight excluding hydrogens is 330 g/mol. The fraction of sp³-hybridized carbons (Fsp3) is 0.312. The second-order valence-corrected chi connectivity index (χ2v) is 7.98. The van der Waals surface area contributed by atoms with E-state index in [0.29, 0.717) is 31.3 Å². The topological polar surface area (TPSA) is 52.7 Å². The number of benzene rings is 2. The first-order valence-corrected chi connectivity index (χ1v) is 9.69. The van der Waals surface area contributed by atoms with Crippen LogP contribution in [0.4, 0.5) is 5.69 Å². The molecule has 0 bridgehead atoms. The third kappa shape index (κ3) is 3.63. The van der Waals surface area contributed by atoms with Crippen LogP contribution in [0.3, 0.4) is 0 Å². The number of anilines is 1. The highest BCUT2D eigenvalue weighted by molar-refractivity contribution is 7.88. The predicted octanol–water partition coefficient (Wildman–Crippen LogP) is 2.11. The normalized spacial score (nSPS) is 16.5. The second-order valence-electron chi connectivity index (χ2n) is 5.61. The van der Waals surface area contributed by atoms with E-state index in [2.05, 4.69) is 23.5 Å². The van der Waals surface area contributed by atoms with E-state index < -0.39 is 10.0 Å². The van der Waals surface area contributed by atoms with E-state index in [4.69, 9.17) is 12.2 Å². The van der Waals surface area contributed by atoms with E-state index in [0.717, 1.165) is 16.5 Å². The summed E-state index contributed by atoms with van der Waals surface area (Å²) in [6.07, 6.45) is 1.25. The van der Waals surface area contributed by atoms with E-state index in [1.165, 1.54) is 10.6 Å². The molecule has 0 aliphatic carbocycles. The lowest BCUT2D eigenvalue weighted by atomic mass is 10.1. The summed E-state index contributed by atoms with van der Waals surface area (Å²) in [7, 11) is -3.12. The van der Waals surface area contributed by atoms with Gasteiger partial charge in [-0.05, 0) is 23.7 Å². The first kappa shape index (κ1) is 16.2. The molecule has 1 aliphatic rings. The predicted molar refractivity (Wildman–Crippen MR) is 98.2 cm³/mol. The first-order chi connectivity index (χ1) is 10.9. The Bertz CT molecular complexity index is 823. The number of thiocarbonyl (C=S) groups is 1. The zero-order chi connectivity index (χ0) is 16.4. The van der Waals surface area contributed by atoms with Gasteiger partial charge in [-0.25, -0.2) is 8.42 Å². The first-order valence-electron chi connectivity index (χ1n) is 7.44. The van der Waals surface area contributed by atoms with Crippen LogP contribution in [0.5, 0.6) is 0 Å². The highest BCUT2D eigenvalue weighted by Gasteiger charge is 2.24. The molecule has 0 spiro atoms. The minimum Gasteiger partial charge on any atom is -0.346 e. The number of hydrogen-bond donors (Lipinski definition) is 1. The van der Waals surface area contributed by atoms with Crippen LogP contribution in [0, 0.1) is 0 Å². The summed E-state index contributed by atoms with van der Waals surface area (Å²) in [5.41, 5.74) is 0.971. The lowest BCUT2D eigenvalue weighted by Crippen LogP contribution is -2.51. The zero-order valence-electron chi connectivity index (χ0n) is 12.9. The molecule has 5 nitrogen and oxygen atoms in total. The number of nitrogens with zero attached hydrogens (tertiary/aromatic N) is 2. The Morgan fingerprint density at radius 1 is 1.04 bits per heavy atom. The second kappa shape index (κ2) is 6.43. The molecule has 0 aromatic heterocycles. The van der Waals surface area contributed by atoms with Crippen LogP contribution in [-0.2, 0) is 10.0 Å². The third-order valence-corrected chi connectivity index (χ3v) is 5.69. The van der Waals surface area contributed by atoms with Crippen LogP contribution < -0.4 is 5.32 Å². The van der Waals surface area contributed by atoms with E-state index in [1.54, 1.807) is 0 Å². The largest absolute Gasteiger partial charge is 0.346 e. The molecule has 3 rings (SSSR count). The average Bonchev–Trinajstić information content (AvgIpc) is 2.54. The summed E-state index contributed by atoms with van der Waals surface area (Å²) >= 11 is 5.50. The molecule has 1 fully saturated rings. The van der Waals surface area contributed by atoms with Gasteiger partial charge in [0.15, 0.2) is 5.11 Å². The smallest absolute Gasteiger partial charge is 0.211 e. The Hall–Kier alpha value is -1.70. The fourth-order valence-corrected chi connectivity index (χ4v) is 3.87. The Kier molecular flexibility index (Phi) is 4.52. The van der Waals surface area contributed by atoms with Gasteiger partial charge < -0.3 is 10.2 Å². The van der Waals surface area contributed by atoms with Crippen LogP contribution in [0.1, 0.15) is 0 Å². The van der Waals surface area contributed by atoms with Crippen molar-refractivity contribution in [3.05, 3.63) is 42.5 Å². The molecule has 7 heteroatoms. The highest BCUT2D eigenvalue weighted by atomic mass is 32.2. The molecule has 0 radical (unpaired) electrons. The lowest BCUT2D eigenvalue weighted by Gasteiger charge is -2.35. The van der Waals surface area contributed by atoms with Crippen LogP contribution in [0.2, 0.25) is 0 Å². The Morgan fingerprint density at radius 3 is 2.39 bits per heavy atom. The van der Waals surface area contributed by atoms with Crippen molar-refractivity contribution in [1.82, 2.24) is 9.21 Å². The Morgan fingerprint density at radius 2 is 1.70 bits per heavy atom. The number of sulfonamides is 1. The van der Waals surface area contributed by atoms with Crippen LogP contribution >= 0.6 is 12.2 Å². The number of fused-ring (bicyclic) bond motifs is 1. The van der Waals surface area contributed by atoms with Crippen LogP contribution in [0.15, 0.2) is 42.5 Å². The van der Waals surface area contributed by atoms with Gasteiger partial charge in [-0.2, -0.15) is 4.31 Å². The van der Waals surface area contributed by atoms with Gasteiger partial charge >= 0.3 is 0 Å². The van der Waals surface area contributed by atoms with Crippen molar-refractivity contribution < 1.29 is 8.42 Å². The average molecular weight is 349 g/mol. The maximum atomic E-state index is 11.6. The number of rotatable bonds is 2. The SMILES string of the molecule is CS(=O)(=O)N1CCN(C(=S)Nc2cccc3ccccc23)CC1. The van der Waals surface area contributed by atoms with Crippen molar-refractivity contribution in [3.63, 3.8) is 0 Å². The van der Waals surface area contributed by atoms with Crippen molar-refractivity contribution >= 4 is 43.8 Å². The summed E-state index contributed by atoms with van der Waals surface area (Å²) in [6.45, 7) is 2.14. The molecule has 122 valence electrons. The number of nitrogens with one attached hydrogen (secondary N) is 1. The lowest BCUT2D eigenvalue weighted by molar-refractivity contribution is 0.270. The fourth-order valence-electron chi connectivity index (χ4n) is 2.75. The summed E-state index contributed by atoms with van der Waals surface area (Å²) in [5, 5.41) is 6.20. The molecule has 0 saturated carbocycles. The summed E-state index contributed by atoms with van der Waals surface area (Å²) in [6, 6.07) is 14.2. The van der Waals surface area contributed by atoms with Crippen molar-refractivity contribution in [2.75, 3.05) is 37.8 Å². The minimum atomic E-state index is -3.12. The highest BCUT2D eigenvalue weighted by Crippen LogP contribution is 2.23. The Balaban J connectivity index is 1.70. The maximum Gasteiger partial charge on any atom is 0.211 e. The summed E-state index contributed by atoms with van der Waals surface area (Å²) in [4.78, 5) is 2.01. The quantitative estimate of drug-likeness (QED) is 0.842. The number of hydrogen-bond acceptors (Lipinski definition) is 3. The van der Waals surface area contributed by atoms with Gasteiger partial charge in [0.1, 0.15) is 0 Å². The zero-order valence-corrected chi connectivity index (χ0v) is 14.5. The summed E-state index contributed by atoms with van der Waals surface area (Å²) in [5.74, 6) is 0. The maximum absolute atomic E-state index is 11.6. The van der Waals surface area contributed by atoms with Gasteiger partial charge in [-0.3, -0.25) is 0 Å². The van der Waals surface area contributed by atoms with Gasteiger partial charge in [0, 0.05) is 37.3 Å². The third-order valence-electron chi connectivity index (χ3n) is 4.03. The van der Waals surface area contributed by atoms with Gasteiger partial charge in [0.2, 0.25) is 10.0 Å². The van der Waals surface area contributed by atoms with Crippen molar-refractivity contribution in [2.45, 2.75) is 0 Å². The molecule has 1 N–H and O–H groups in total. The van der Waals surface area contributed by atoms with Crippen LogP contribution in [0.25, 0.3) is 10.8 Å². The molecule has 1 saturated heterocycles. The van der Waals surface area contributed by atoms with E-state index >= 15 is 0 Å². The van der Waals surface area contributed by atoms with Gasteiger partial charge in [0.25, 0.3) is 0 Å². The molecule has 0 atom stereocenters. The van der Waals surface area contributed by atoms with Crippen molar-refractivity contribution in [1.29, 1.82) is 0 Å². The van der Waals surface area contributed by atoms with Crippen molar-refractivity contribution in [2.24, 2.45) is 0 Å². The molecule has 2 aromatic rings.